The lowest BCUT2D eigenvalue weighted by molar-refractivity contribution is -0.142. The van der Waals surface area contributed by atoms with Crippen molar-refractivity contribution in [2.75, 3.05) is 6.61 Å². The summed E-state index contributed by atoms with van der Waals surface area (Å²) in [5.74, 6) is 0.300. The van der Waals surface area contributed by atoms with Crippen LogP contribution in [0.5, 0.6) is 5.75 Å². The van der Waals surface area contributed by atoms with Crippen LogP contribution in [0.4, 0.5) is 0 Å². The molecule has 3 rings (SSSR count). The van der Waals surface area contributed by atoms with E-state index in [1.165, 1.54) is 0 Å². The molecule has 0 unspecified atom stereocenters. The average Bonchev–Trinajstić information content (AvgIpc) is 3.23. The molecular formula is C23H27BrN2O3. The maximum atomic E-state index is 13.0. The van der Waals surface area contributed by atoms with E-state index in [9.17, 15) is 9.59 Å². The number of rotatable bonds is 8. The summed E-state index contributed by atoms with van der Waals surface area (Å²) in [7, 11) is 0. The Labute approximate surface area is 180 Å². The minimum atomic E-state index is -0.582. The van der Waals surface area contributed by atoms with Crippen molar-refractivity contribution in [1.82, 2.24) is 10.2 Å². The molecule has 2 aromatic carbocycles. The maximum Gasteiger partial charge on any atom is 0.261 e. The minimum absolute atomic E-state index is 0.111. The third-order valence-corrected chi connectivity index (χ3v) is 5.71. The Morgan fingerprint density at radius 3 is 2.55 bits per heavy atom. The second-order valence-electron chi connectivity index (χ2n) is 7.42. The largest absolute Gasteiger partial charge is 0.484 e. The Morgan fingerprint density at radius 2 is 1.86 bits per heavy atom. The van der Waals surface area contributed by atoms with E-state index in [4.69, 9.17) is 4.74 Å². The normalized spacial score (nSPS) is 15.0. The summed E-state index contributed by atoms with van der Waals surface area (Å²) >= 11 is 3.47. The van der Waals surface area contributed by atoms with E-state index in [0.29, 0.717) is 12.3 Å². The lowest BCUT2D eigenvalue weighted by Crippen LogP contribution is -2.50. The fourth-order valence-electron chi connectivity index (χ4n) is 3.55. The molecule has 1 aliphatic carbocycles. The molecule has 0 bridgehead atoms. The molecule has 0 aliphatic heterocycles. The first-order valence-electron chi connectivity index (χ1n) is 10.0. The Balaban J connectivity index is 1.70. The van der Waals surface area contributed by atoms with Crippen LogP contribution >= 0.6 is 15.9 Å². The van der Waals surface area contributed by atoms with Gasteiger partial charge in [-0.3, -0.25) is 9.59 Å². The van der Waals surface area contributed by atoms with Gasteiger partial charge in [0.1, 0.15) is 11.8 Å². The van der Waals surface area contributed by atoms with Crippen LogP contribution in [0, 0.1) is 0 Å². The van der Waals surface area contributed by atoms with Gasteiger partial charge in [0.2, 0.25) is 5.91 Å². The maximum absolute atomic E-state index is 13.0. The average molecular weight is 459 g/mol. The zero-order valence-corrected chi connectivity index (χ0v) is 18.2. The van der Waals surface area contributed by atoms with Crippen molar-refractivity contribution < 1.29 is 14.3 Å². The third-order valence-electron chi connectivity index (χ3n) is 5.22. The van der Waals surface area contributed by atoms with E-state index in [1.807, 2.05) is 54.6 Å². The number of para-hydroxylation sites is 1. The van der Waals surface area contributed by atoms with Crippen molar-refractivity contribution in [3.8, 4) is 5.75 Å². The molecule has 0 heterocycles. The number of amides is 2. The molecule has 1 fully saturated rings. The van der Waals surface area contributed by atoms with Crippen molar-refractivity contribution in [2.45, 2.75) is 51.2 Å². The van der Waals surface area contributed by atoms with Crippen LogP contribution in [-0.4, -0.2) is 35.4 Å². The van der Waals surface area contributed by atoms with Crippen LogP contribution in [0.2, 0.25) is 0 Å². The lowest BCUT2D eigenvalue weighted by Gasteiger charge is -2.29. The van der Waals surface area contributed by atoms with Crippen molar-refractivity contribution >= 4 is 27.7 Å². The van der Waals surface area contributed by atoms with Gasteiger partial charge in [0, 0.05) is 17.1 Å². The summed E-state index contributed by atoms with van der Waals surface area (Å²) in [6.45, 7) is 2.01. The summed E-state index contributed by atoms with van der Waals surface area (Å²) < 4.78 is 6.58. The second kappa shape index (κ2) is 10.4. The number of carbonyl (C=O) groups is 2. The molecule has 0 aromatic heterocycles. The molecule has 1 saturated carbocycles. The number of carbonyl (C=O) groups excluding carboxylic acids is 2. The van der Waals surface area contributed by atoms with Gasteiger partial charge in [0.05, 0.1) is 0 Å². The van der Waals surface area contributed by atoms with Gasteiger partial charge in [-0.15, -0.1) is 0 Å². The predicted molar refractivity (Wildman–Crippen MR) is 116 cm³/mol. The standard InChI is InChI=1S/C23H27BrN2O3/c1-17(23(28)25-20-10-5-6-11-20)26(15-18-8-7-9-19(24)14-18)22(27)16-29-21-12-3-2-4-13-21/h2-4,7-9,12-14,17,20H,5-6,10-11,15-16H2,1H3,(H,25,28)/t17-/m1/s1. The van der Waals surface area contributed by atoms with Crippen LogP contribution in [0.3, 0.4) is 0 Å². The predicted octanol–water partition coefficient (Wildman–Crippen LogP) is 4.30. The molecule has 0 spiro atoms. The quantitative estimate of drug-likeness (QED) is 0.641. The van der Waals surface area contributed by atoms with E-state index < -0.39 is 6.04 Å². The van der Waals surface area contributed by atoms with Crippen LogP contribution in [0.1, 0.15) is 38.2 Å². The van der Waals surface area contributed by atoms with Gasteiger partial charge >= 0.3 is 0 Å². The Hall–Kier alpha value is -2.34. The minimum Gasteiger partial charge on any atom is -0.484 e. The number of hydrogen-bond donors (Lipinski definition) is 1. The highest BCUT2D eigenvalue weighted by Gasteiger charge is 2.28. The monoisotopic (exact) mass is 458 g/mol. The van der Waals surface area contributed by atoms with Crippen molar-refractivity contribution in [1.29, 1.82) is 0 Å². The highest BCUT2D eigenvalue weighted by molar-refractivity contribution is 9.10. The van der Waals surface area contributed by atoms with E-state index in [2.05, 4.69) is 21.2 Å². The third kappa shape index (κ3) is 6.32. The van der Waals surface area contributed by atoms with Crippen molar-refractivity contribution in [3.63, 3.8) is 0 Å². The molecule has 1 aliphatic rings. The number of hydrogen-bond acceptors (Lipinski definition) is 3. The zero-order chi connectivity index (χ0) is 20.6. The fraction of sp³-hybridized carbons (Fsp3) is 0.391. The molecule has 1 N–H and O–H groups in total. The van der Waals surface area contributed by atoms with Crippen molar-refractivity contribution in [3.05, 3.63) is 64.6 Å². The summed E-state index contributed by atoms with van der Waals surface area (Å²) in [6.07, 6.45) is 4.31. The summed E-state index contributed by atoms with van der Waals surface area (Å²) in [6, 6.07) is 16.6. The van der Waals surface area contributed by atoms with Gasteiger partial charge in [-0.25, -0.2) is 0 Å². The summed E-state index contributed by atoms with van der Waals surface area (Å²) in [5.41, 5.74) is 0.952. The molecule has 29 heavy (non-hydrogen) atoms. The number of ether oxygens (including phenoxy) is 1. The first-order chi connectivity index (χ1) is 14.0. The molecule has 5 nitrogen and oxygen atoms in total. The van der Waals surface area contributed by atoms with Crippen LogP contribution in [0.25, 0.3) is 0 Å². The SMILES string of the molecule is C[C@H](C(=O)NC1CCCC1)N(Cc1cccc(Br)c1)C(=O)COc1ccccc1. The molecule has 2 amide bonds. The molecule has 0 radical (unpaired) electrons. The topological polar surface area (TPSA) is 58.6 Å². The molecular weight excluding hydrogens is 432 g/mol. The van der Waals surface area contributed by atoms with Crippen molar-refractivity contribution in [2.24, 2.45) is 0 Å². The van der Waals surface area contributed by atoms with Gasteiger partial charge in [-0.05, 0) is 49.6 Å². The Morgan fingerprint density at radius 1 is 1.14 bits per heavy atom. The van der Waals surface area contributed by atoms with Gasteiger partial charge < -0.3 is 15.0 Å². The summed E-state index contributed by atoms with van der Waals surface area (Å²) in [4.78, 5) is 27.4. The number of nitrogens with one attached hydrogen (secondary N) is 1. The van der Waals surface area contributed by atoms with E-state index in [-0.39, 0.29) is 24.5 Å². The summed E-state index contributed by atoms with van der Waals surface area (Å²) in [5, 5.41) is 3.10. The Bertz CT molecular complexity index is 822. The highest BCUT2D eigenvalue weighted by Crippen LogP contribution is 2.19. The fourth-order valence-corrected chi connectivity index (χ4v) is 4.00. The number of nitrogens with zero attached hydrogens (tertiary/aromatic N) is 1. The zero-order valence-electron chi connectivity index (χ0n) is 16.6. The van der Waals surface area contributed by atoms with Crippen LogP contribution in [-0.2, 0) is 16.1 Å². The number of benzene rings is 2. The molecule has 2 aromatic rings. The highest BCUT2D eigenvalue weighted by atomic mass is 79.9. The van der Waals surface area contributed by atoms with Crippen LogP contribution in [0.15, 0.2) is 59.1 Å². The van der Waals surface area contributed by atoms with Crippen LogP contribution < -0.4 is 10.1 Å². The number of halogens is 1. The molecule has 6 heteroatoms. The van der Waals surface area contributed by atoms with Gasteiger partial charge in [0.25, 0.3) is 5.91 Å². The Kier molecular flexibility index (Phi) is 7.69. The first-order valence-corrected chi connectivity index (χ1v) is 10.8. The van der Waals surface area contributed by atoms with E-state index in [1.54, 1.807) is 11.8 Å². The molecule has 154 valence electrons. The van der Waals surface area contributed by atoms with Gasteiger partial charge in [-0.2, -0.15) is 0 Å². The second-order valence-corrected chi connectivity index (χ2v) is 8.33. The molecule has 0 saturated heterocycles. The van der Waals surface area contributed by atoms with E-state index in [0.717, 1.165) is 35.7 Å². The van der Waals surface area contributed by atoms with Gasteiger partial charge in [-0.1, -0.05) is 59.1 Å². The van der Waals surface area contributed by atoms with Gasteiger partial charge in [0.15, 0.2) is 6.61 Å². The molecule has 1 atom stereocenters. The lowest BCUT2D eigenvalue weighted by atomic mass is 10.1. The first kappa shape index (κ1) is 21.4. The van der Waals surface area contributed by atoms with E-state index >= 15 is 0 Å². The smallest absolute Gasteiger partial charge is 0.261 e.